The molecule has 9 nitrogen and oxygen atoms in total. The van der Waals surface area contributed by atoms with Gasteiger partial charge in [0, 0.05) is 55.7 Å². The van der Waals surface area contributed by atoms with E-state index in [1.807, 2.05) is 31.2 Å². The summed E-state index contributed by atoms with van der Waals surface area (Å²) in [4.78, 5) is 29.7. The lowest BCUT2D eigenvalue weighted by molar-refractivity contribution is 0.102. The van der Waals surface area contributed by atoms with Crippen LogP contribution in [-0.4, -0.2) is 60.2 Å². The van der Waals surface area contributed by atoms with Crippen LogP contribution in [0, 0.1) is 6.92 Å². The van der Waals surface area contributed by atoms with E-state index in [4.69, 9.17) is 9.26 Å². The van der Waals surface area contributed by atoms with Crippen LogP contribution >= 0.6 is 0 Å². The van der Waals surface area contributed by atoms with Gasteiger partial charge in [0.25, 0.3) is 5.91 Å². The third kappa shape index (κ3) is 6.18. The zero-order valence-electron chi connectivity index (χ0n) is 18.7. The molecule has 0 spiro atoms. The number of ether oxygens (including phenoxy) is 1. The van der Waals surface area contributed by atoms with E-state index < -0.39 is 6.09 Å². The summed E-state index contributed by atoms with van der Waals surface area (Å²) in [6.45, 7) is 6.85. The van der Waals surface area contributed by atoms with E-state index in [2.05, 4.69) is 32.6 Å². The summed E-state index contributed by atoms with van der Waals surface area (Å²) in [7, 11) is 2.13. The number of likely N-dealkylation sites (N-methyl/N-ethyl adjacent to an activating group) is 1. The molecule has 0 unspecified atom stereocenters. The summed E-state index contributed by atoms with van der Waals surface area (Å²) in [6.07, 6.45) is 0.659. The Morgan fingerprint density at radius 2 is 1.88 bits per heavy atom. The van der Waals surface area contributed by atoms with Gasteiger partial charge in [-0.1, -0.05) is 23.4 Å². The highest BCUT2D eigenvalue weighted by Gasteiger charge is 2.15. The highest BCUT2D eigenvalue weighted by Crippen LogP contribution is 2.22. The van der Waals surface area contributed by atoms with Crippen LogP contribution in [0.5, 0.6) is 5.95 Å². The summed E-state index contributed by atoms with van der Waals surface area (Å²) >= 11 is 0. The summed E-state index contributed by atoms with van der Waals surface area (Å²) in [5.41, 5.74) is 3.64. The maximum atomic E-state index is 12.9. The van der Waals surface area contributed by atoms with Gasteiger partial charge < -0.3 is 19.5 Å². The summed E-state index contributed by atoms with van der Waals surface area (Å²) < 4.78 is 9.74. The second kappa shape index (κ2) is 10.3. The van der Waals surface area contributed by atoms with Gasteiger partial charge in [-0.15, -0.1) is 0 Å². The molecule has 9 heteroatoms. The van der Waals surface area contributed by atoms with E-state index in [1.54, 1.807) is 18.2 Å². The van der Waals surface area contributed by atoms with Crippen molar-refractivity contribution in [2.75, 3.05) is 43.9 Å². The van der Waals surface area contributed by atoms with Crippen LogP contribution in [0.25, 0.3) is 0 Å². The Balaban J connectivity index is 1.39. The molecule has 1 aromatic heterocycles. The number of hydrogen-bond donors (Lipinski definition) is 2. The molecular formula is C24H27N5O4. The molecule has 1 fully saturated rings. The summed E-state index contributed by atoms with van der Waals surface area (Å²) in [5.74, 6) is -0.218. The second-order valence-electron chi connectivity index (χ2n) is 8.11. The molecule has 172 valence electrons. The standard InChI is InChI=1S/C24H27N5O4/c1-17-6-7-20(26-24(31)32-22-8-9-25-33-22)15-21(17)27-23(30)19-5-3-4-18(14-19)16-29-12-10-28(2)11-13-29/h3-9,14-15H,10-13,16H2,1-2H3,(H,26,31)(H,27,30). The molecule has 3 aromatic rings. The second-order valence-corrected chi connectivity index (χ2v) is 8.11. The Morgan fingerprint density at radius 3 is 2.64 bits per heavy atom. The number of nitrogens with one attached hydrogen (secondary N) is 2. The Bertz CT molecular complexity index is 1110. The minimum absolute atomic E-state index is 0.00964. The number of rotatable bonds is 6. The molecule has 0 atom stereocenters. The lowest BCUT2D eigenvalue weighted by atomic mass is 10.1. The van der Waals surface area contributed by atoms with Crippen molar-refractivity contribution in [2.24, 2.45) is 0 Å². The quantitative estimate of drug-likeness (QED) is 0.593. The molecule has 0 radical (unpaired) electrons. The summed E-state index contributed by atoms with van der Waals surface area (Å²) in [6, 6.07) is 14.3. The molecule has 0 bridgehead atoms. The highest BCUT2D eigenvalue weighted by atomic mass is 16.7. The van der Waals surface area contributed by atoms with Crippen LogP contribution in [0.1, 0.15) is 21.5 Å². The maximum absolute atomic E-state index is 12.9. The van der Waals surface area contributed by atoms with Gasteiger partial charge in [0.15, 0.2) is 0 Å². The molecule has 1 aliphatic heterocycles. The number of piperazine rings is 1. The van der Waals surface area contributed by atoms with Crippen molar-refractivity contribution in [3.63, 3.8) is 0 Å². The fraction of sp³-hybridized carbons (Fsp3) is 0.292. The smallest absolute Gasteiger partial charge is 0.374 e. The number of benzene rings is 2. The number of hydrogen-bond acceptors (Lipinski definition) is 7. The molecule has 0 aliphatic carbocycles. The molecular weight excluding hydrogens is 422 g/mol. The molecule has 2 amide bonds. The lowest BCUT2D eigenvalue weighted by Gasteiger charge is -2.32. The van der Waals surface area contributed by atoms with Crippen molar-refractivity contribution in [3.8, 4) is 5.95 Å². The largest absolute Gasteiger partial charge is 0.419 e. The van der Waals surface area contributed by atoms with E-state index in [1.165, 1.54) is 12.3 Å². The van der Waals surface area contributed by atoms with Gasteiger partial charge in [0.1, 0.15) is 0 Å². The number of nitrogens with zero attached hydrogens (tertiary/aromatic N) is 3. The van der Waals surface area contributed by atoms with E-state index in [9.17, 15) is 9.59 Å². The third-order valence-electron chi connectivity index (χ3n) is 5.53. The monoisotopic (exact) mass is 449 g/mol. The predicted molar refractivity (Wildman–Crippen MR) is 124 cm³/mol. The lowest BCUT2D eigenvalue weighted by Crippen LogP contribution is -2.43. The molecule has 4 rings (SSSR count). The van der Waals surface area contributed by atoms with Gasteiger partial charge >= 0.3 is 12.0 Å². The third-order valence-corrected chi connectivity index (χ3v) is 5.53. The minimum atomic E-state index is -0.718. The highest BCUT2D eigenvalue weighted by molar-refractivity contribution is 6.05. The van der Waals surface area contributed by atoms with E-state index >= 15 is 0 Å². The van der Waals surface area contributed by atoms with Crippen molar-refractivity contribution in [1.82, 2.24) is 15.0 Å². The topological polar surface area (TPSA) is 99.9 Å². The predicted octanol–water partition coefficient (Wildman–Crippen LogP) is 3.59. The number of amides is 2. The number of aromatic nitrogens is 1. The Kier molecular flexibility index (Phi) is 7.01. The average molecular weight is 450 g/mol. The maximum Gasteiger partial charge on any atom is 0.419 e. The van der Waals surface area contributed by atoms with Gasteiger partial charge in [-0.05, 0) is 49.4 Å². The summed E-state index contributed by atoms with van der Waals surface area (Å²) in [5, 5.41) is 9.03. The fourth-order valence-corrected chi connectivity index (χ4v) is 3.60. The molecule has 1 saturated heterocycles. The van der Waals surface area contributed by atoms with Gasteiger partial charge in [0.05, 0.1) is 6.20 Å². The van der Waals surface area contributed by atoms with Gasteiger partial charge in [-0.3, -0.25) is 15.0 Å². The number of aryl methyl sites for hydroxylation is 1. The fourth-order valence-electron chi connectivity index (χ4n) is 3.60. The molecule has 33 heavy (non-hydrogen) atoms. The number of anilines is 2. The van der Waals surface area contributed by atoms with Crippen LogP contribution in [0.2, 0.25) is 0 Å². The van der Waals surface area contributed by atoms with E-state index in [0.29, 0.717) is 16.9 Å². The van der Waals surface area contributed by atoms with Crippen molar-refractivity contribution < 1.29 is 18.8 Å². The normalized spacial score (nSPS) is 14.6. The van der Waals surface area contributed by atoms with Gasteiger partial charge in [0.2, 0.25) is 0 Å². The van der Waals surface area contributed by atoms with Crippen LogP contribution in [0.4, 0.5) is 16.2 Å². The average Bonchev–Trinajstić information content (AvgIpc) is 3.30. The van der Waals surface area contributed by atoms with Crippen LogP contribution in [-0.2, 0) is 6.54 Å². The Labute approximate surface area is 192 Å². The van der Waals surface area contributed by atoms with Gasteiger partial charge in [-0.2, -0.15) is 0 Å². The molecule has 1 aliphatic rings. The zero-order chi connectivity index (χ0) is 23.2. The number of carbonyl (C=O) groups excluding carboxylic acids is 2. The number of carbonyl (C=O) groups is 2. The van der Waals surface area contributed by atoms with E-state index in [0.717, 1.165) is 43.9 Å². The first-order valence-corrected chi connectivity index (χ1v) is 10.8. The van der Waals surface area contributed by atoms with Crippen molar-refractivity contribution >= 4 is 23.4 Å². The molecule has 2 aromatic carbocycles. The van der Waals surface area contributed by atoms with Crippen molar-refractivity contribution in [1.29, 1.82) is 0 Å². The van der Waals surface area contributed by atoms with Gasteiger partial charge in [-0.25, -0.2) is 4.79 Å². The van der Waals surface area contributed by atoms with Crippen LogP contribution < -0.4 is 15.4 Å². The minimum Gasteiger partial charge on any atom is -0.374 e. The Hall–Kier alpha value is -3.69. The zero-order valence-corrected chi connectivity index (χ0v) is 18.7. The van der Waals surface area contributed by atoms with Crippen LogP contribution in [0.15, 0.2) is 59.3 Å². The molecule has 0 saturated carbocycles. The molecule has 2 N–H and O–H groups in total. The molecule has 2 heterocycles. The first-order chi connectivity index (χ1) is 16.0. The van der Waals surface area contributed by atoms with Crippen molar-refractivity contribution in [3.05, 3.63) is 71.4 Å². The van der Waals surface area contributed by atoms with Crippen LogP contribution in [0.3, 0.4) is 0 Å². The van der Waals surface area contributed by atoms with E-state index in [-0.39, 0.29) is 11.9 Å². The first kappa shape index (κ1) is 22.5. The SMILES string of the molecule is Cc1ccc(NC(=O)Oc2ccno2)cc1NC(=O)c1cccc(CN2CCN(C)CC2)c1. The van der Waals surface area contributed by atoms with Crippen molar-refractivity contribution in [2.45, 2.75) is 13.5 Å². The first-order valence-electron chi connectivity index (χ1n) is 10.8. The Morgan fingerprint density at radius 1 is 1.06 bits per heavy atom.